The summed E-state index contributed by atoms with van der Waals surface area (Å²) >= 11 is 12.2. The Hall–Kier alpha value is -2.16. The largest absolute Gasteiger partial charge is 0.481 e. The number of benzene rings is 1. The van der Waals surface area contributed by atoms with Gasteiger partial charge in [-0.1, -0.05) is 29.3 Å². The summed E-state index contributed by atoms with van der Waals surface area (Å²) in [6.45, 7) is 7.59. The Balaban J connectivity index is 1.17. The first-order chi connectivity index (χ1) is 17.1. The van der Waals surface area contributed by atoms with Crippen LogP contribution in [0.4, 0.5) is 16.2 Å². The molecule has 0 spiro atoms. The van der Waals surface area contributed by atoms with E-state index < -0.39 is 11.4 Å². The topological polar surface area (TPSA) is 81.6 Å². The molecule has 1 aromatic heterocycles. The van der Waals surface area contributed by atoms with Crippen molar-refractivity contribution in [3.05, 3.63) is 45.8 Å². The third-order valence-electron chi connectivity index (χ3n) is 8.27. The minimum Gasteiger partial charge on any atom is -0.481 e. The molecule has 7 nitrogen and oxygen atoms in total. The Labute approximate surface area is 221 Å². The highest BCUT2D eigenvalue weighted by molar-refractivity contribution is 6.32. The van der Waals surface area contributed by atoms with Crippen LogP contribution in [0.3, 0.4) is 0 Å². The van der Waals surface area contributed by atoms with E-state index in [0.717, 1.165) is 45.4 Å². The number of anilines is 2. The zero-order valence-electron chi connectivity index (χ0n) is 20.6. The molecule has 2 saturated heterocycles. The summed E-state index contributed by atoms with van der Waals surface area (Å²) in [5.41, 5.74) is -0.0732. The number of hydrogen-bond acceptors (Lipinski definition) is 6. The summed E-state index contributed by atoms with van der Waals surface area (Å²) in [5.74, 6) is 1.20. The van der Waals surface area contributed by atoms with Crippen molar-refractivity contribution in [1.29, 1.82) is 0 Å². The fourth-order valence-corrected chi connectivity index (χ4v) is 6.20. The predicted molar refractivity (Wildman–Crippen MR) is 139 cm³/mol. The average molecular weight is 536 g/mol. The first kappa shape index (κ1) is 25.5. The maximum atomic E-state index is 14.3. The summed E-state index contributed by atoms with van der Waals surface area (Å²) in [7, 11) is 0. The zero-order valence-corrected chi connectivity index (χ0v) is 22.1. The van der Waals surface area contributed by atoms with E-state index in [9.17, 15) is 14.3 Å². The van der Waals surface area contributed by atoms with Gasteiger partial charge in [-0.2, -0.15) is 4.98 Å². The Kier molecular flexibility index (Phi) is 7.05. The van der Waals surface area contributed by atoms with E-state index in [0.29, 0.717) is 45.3 Å². The van der Waals surface area contributed by atoms with Gasteiger partial charge in [0.05, 0.1) is 17.7 Å². The summed E-state index contributed by atoms with van der Waals surface area (Å²) in [4.78, 5) is 25.2. The minimum atomic E-state index is -0.675. The van der Waals surface area contributed by atoms with E-state index in [-0.39, 0.29) is 11.9 Å². The second-order valence-corrected chi connectivity index (χ2v) is 11.7. The average Bonchev–Trinajstić information content (AvgIpc) is 2.78. The van der Waals surface area contributed by atoms with Crippen LogP contribution in [0.5, 0.6) is 0 Å². The van der Waals surface area contributed by atoms with E-state index in [4.69, 9.17) is 23.2 Å². The molecule has 1 aliphatic carbocycles. The summed E-state index contributed by atoms with van der Waals surface area (Å²) in [6.07, 6.45) is 5.45. The predicted octanol–water partition coefficient (Wildman–Crippen LogP) is 5.50. The first-order valence-corrected chi connectivity index (χ1v) is 13.3. The number of aromatic nitrogens is 2. The van der Waals surface area contributed by atoms with Crippen LogP contribution >= 0.6 is 23.2 Å². The second kappa shape index (κ2) is 9.95. The molecule has 2 aliphatic heterocycles. The first-order valence-electron chi connectivity index (χ1n) is 12.6. The lowest BCUT2D eigenvalue weighted by molar-refractivity contribution is -0.158. The van der Waals surface area contributed by atoms with E-state index >= 15 is 0 Å². The zero-order chi connectivity index (χ0) is 25.6. The number of hydrogen-bond donors (Lipinski definition) is 2. The number of nitrogens with zero attached hydrogens (tertiary/aromatic N) is 4. The summed E-state index contributed by atoms with van der Waals surface area (Å²) in [5, 5.41) is 13.4. The molecule has 3 fully saturated rings. The molecule has 194 valence electrons. The fraction of sp³-hybridized carbons (Fsp3) is 0.577. The molecule has 3 heterocycles. The second-order valence-electron chi connectivity index (χ2n) is 10.9. The molecule has 10 heteroatoms. The Morgan fingerprint density at radius 1 is 1.25 bits per heavy atom. The van der Waals surface area contributed by atoms with Crippen molar-refractivity contribution < 1.29 is 14.3 Å². The van der Waals surface area contributed by atoms with Crippen LogP contribution in [-0.2, 0) is 4.79 Å². The smallest absolute Gasteiger partial charge is 0.309 e. The van der Waals surface area contributed by atoms with Crippen molar-refractivity contribution in [2.24, 2.45) is 17.3 Å². The third-order valence-corrected chi connectivity index (χ3v) is 8.78. The molecular formula is C26H32Cl2FN5O2. The highest BCUT2D eigenvalue weighted by Gasteiger charge is 2.49. The van der Waals surface area contributed by atoms with Crippen LogP contribution in [0.25, 0.3) is 0 Å². The third kappa shape index (κ3) is 5.00. The summed E-state index contributed by atoms with van der Waals surface area (Å²) in [6, 6.07) is 4.66. The van der Waals surface area contributed by atoms with Crippen LogP contribution < -0.4 is 10.2 Å². The van der Waals surface area contributed by atoms with Crippen molar-refractivity contribution in [2.45, 2.75) is 51.6 Å². The molecule has 2 aromatic rings. The molecule has 3 aliphatic rings. The van der Waals surface area contributed by atoms with Gasteiger partial charge in [0.2, 0.25) is 5.95 Å². The van der Waals surface area contributed by atoms with Gasteiger partial charge in [0.25, 0.3) is 0 Å². The molecule has 2 N–H and O–H groups in total. The van der Waals surface area contributed by atoms with Gasteiger partial charge in [-0.25, -0.2) is 9.37 Å². The van der Waals surface area contributed by atoms with Gasteiger partial charge >= 0.3 is 5.97 Å². The van der Waals surface area contributed by atoms with Gasteiger partial charge in [-0.05, 0) is 70.0 Å². The van der Waals surface area contributed by atoms with Crippen molar-refractivity contribution in [3.63, 3.8) is 0 Å². The van der Waals surface area contributed by atoms with Crippen LogP contribution in [0.2, 0.25) is 10.0 Å². The highest BCUT2D eigenvalue weighted by Crippen LogP contribution is 2.45. The standard InChI is InChI=1S/C26H32Cl2FN5O2/c1-15(20-6-5-18(27)8-22(20)29)31-23-21(28)11-30-25(32-23)34-13-17(14-34)16-4-3-7-33(12-16)19-9-26(2,10-19)24(35)36/h5-6,8,11,15-17,19H,3-4,7,9-10,12-14H2,1-2H3,(H,35,36)(H,30,31,32)/t15?,16-,19?,26?/m0/s1. The lowest BCUT2D eigenvalue weighted by atomic mass is 9.65. The van der Waals surface area contributed by atoms with Crippen LogP contribution in [0, 0.1) is 23.1 Å². The van der Waals surface area contributed by atoms with Gasteiger partial charge in [0.1, 0.15) is 10.8 Å². The van der Waals surface area contributed by atoms with Crippen molar-refractivity contribution in [2.75, 3.05) is 36.4 Å². The lowest BCUT2D eigenvalue weighted by Crippen LogP contribution is -2.58. The van der Waals surface area contributed by atoms with Crippen molar-refractivity contribution in [1.82, 2.24) is 14.9 Å². The fourth-order valence-electron chi connectivity index (χ4n) is 5.89. The Bertz CT molecular complexity index is 1140. The van der Waals surface area contributed by atoms with E-state index in [1.807, 2.05) is 13.8 Å². The molecular weight excluding hydrogens is 504 g/mol. The Morgan fingerprint density at radius 3 is 2.69 bits per heavy atom. The van der Waals surface area contributed by atoms with Gasteiger partial charge in [0, 0.05) is 36.3 Å². The number of rotatable bonds is 7. The van der Waals surface area contributed by atoms with Crippen LogP contribution in [0.1, 0.15) is 51.1 Å². The normalized spacial score (nSPS) is 27.8. The van der Waals surface area contributed by atoms with E-state index in [1.54, 1.807) is 18.3 Å². The SMILES string of the molecule is CC(Nc1nc(N2CC([C@H]3CCCN(C4CC(C)(C(=O)O)C4)C3)C2)ncc1Cl)c1ccc(Cl)cc1F. The molecule has 5 rings (SSSR count). The molecule has 0 amide bonds. The number of carboxylic acid groups (broad SMARTS) is 1. The molecule has 36 heavy (non-hydrogen) atoms. The van der Waals surface area contributed by atoms with E-state index in [1.165, 1.54) is 12.5 Å². The molecule has 1 saturated carbocycles. The van der Waals surface area contributed by atoms with Gasteiger partial charge in [0.15, 0.2) is 5.82 Å². The van der Waals surface area contributed by atoms with Gasteiger partial charge in [-0.15, -0.1) is 0 Å². The quantitative estimate of drug-likeness (QED) is 0.484. The van der Waals surface area contributed by atoms with Crippen LogP contribution in [-0.4, -0.2) is 58.2 Å². The number of carboxylic acids is 1. The molecule has 2 atom stereocenters. The van der Waals surface area contributed by atoms with E-state index in [2.05, 4.69) is 25.1 Å². The van der Waals surface area contributed by atoms with Crippen LogP contribution in [0.15, 0.2) is 24.4 Å². The maximum absolute atomic E-state index is 14.3. The van der Waals surface area contributed by atoms with Gasteiger partial charge < -0.3 is 20.2 Å². The van der Waals surface area contributed by atoms with Gasteiger partial charge in [-0.3, -0.25) is 4.79 Å². The van der Waals surface area contributed by atoms with Crippen molar-refractivity contribution in [3.8, 4) is 0 Å². The lowest BCUT2D eigenvalue weighted by Gasteiger charge is -2.52. The monoisotopic (exact) mass is 535 g/mol. The maximum Gasteiger partial charge on any atom is 0.309 e. The molecule has 0 bridgehead atoms. The minimum absolute atomic E-state index is 0.352. The van der Waals surface area contributed by atoms with Crippen molar-refractivity contribution >= 4 is 40.9 Å². The number of aliphatic carboxylic acids is 1. The number of halogens is 3. The highest BCUT2D eigenvalue weighted by atomic mass is 35.5. The summed E-state index contributed by atoms with van der Waals surface area (Å²) < 4.78 is 14.3. The molecule has 1 unspecified atom stereocenters. The molecule has 0 radical (unpaired) electrons. The Morgan fingerprint density at radius 2 is 2.00 bits per heavy atom. The number of carbonyl (C=O) groups is 1. The number of piperidine rings is 1. The molecule has 1 aromatic carbocycles. The number of likely N-dealkylation sites (tertiary alicyclic amines) is 1. The number of nitrogens with one attached hydrogen (secondary N) is 1.